The van der Waals surface area contributed by atoms with Crippen LogP contribution >= 0.6 is 0 Å². The SMILES string of the molecule is COc1ccccc1CNCCC(=O)Nc1ccccc1C(C)(C)C. The molecule has 2 N–H and O–H groups in total. The molecule has 0 fully saturated rings. The van der Waals surface area contributed by atoms with Crippen molar-refractivity contribution in [1.29, 1.82) is 0 Å². The number of nitrogens with one attached hydrogen (secondary N) is 2. The molecule has 134 valence electrons. The summed E-state index contributed by atoms with van der Waals surface area (Å²) in [7, 11) is 1.67. The van der Waals surface area contributed by atoms with E-state index < -0.39 is 0 Å². The number of hydrogen-bond donors (Lipinski definition) is 2. The first-order chi connectivity index (χ1) is 11.9. The normalized spacial score (nSPS) is 11.2. The maximum absolute atomic E-state index is 12.3. The Morgan fingerprint density at radius 2 is 1.72 bits per heavy atom. The summed E-state index contributed by atoms with van der Waals surface area (Å²) >= 11 is 0. The molecular formula is C21H28N2O2. The second kappa shape index (κ2) is 8.67. The number of carbonyl (C=O) groups excluding carboxylic acids is 1. The van der Waals surface area contributed by atoms with Crippen LogP contribution in [0.15, 0.2) is 48.5 Å². The molecule has 0 unspecified atom stereocenters. The summed E-state index contributed by atoms with van der Waals surface area (Å²) in [6.07, 6.45) is 0.424. The van der Waals surface area contributed by atoms with Crippen LogP contribution in [0.3, 0.4) is 0 Å². The van der Waals surface area contributed by atoms with E-state index in [0.717, 1.165) is 22.6 Å². The number of benzene rings is 2. The zero-order valence-electron chi connectivity index (χ0n) is 15.6. The van der Waals surface area contributed by atoms with Gasteiger partial charge in [-0.25, -0.2) is 0 Å². The Morgan fingerprint density at radius 1 is 1.04 bits per heavy atom. The zero-order valence-corrected chi connectivity index (χ0v) is 15.6. The summed E-state index contributed by atoms with van der Waals surface area (Å²) in [4.78, 5) is 12.3. The molecule has 2 aromatic carbocycles. The third-order valence-electron chi connectivity index (χ3n) is 4.05. The van der Waals surface area contributed by atoms with Crippen LogP contribution in [0.4, 0.5) is 5.69 Å². The number of carbonyl (C=O) groups is 1. The molecule has 4 nitrogen and oxygen atoms in total. The third-order valence-corrected chi connectivity index (χ3v) is 4.05. The van der Waals surface area contributed by atoms with Gasteiger partial charge in [-0.05, 0) is 23.1 Å². The van der Waals surface area contributed by atoms with E-state index in [0.29, 0.717) is 19.5 Å². The first kappa shape index (κ1) is 19.0. The quantitative estimate of drug-likeness (QED) is 0.746. The molecule has 0 heterocycles. The number of anilines is 1. The van der Waals surface area contributed by atoms with Gasteiger partial charge in [0.25, 0.3) is 0 Å². The molecule has 1 amide bonds. The van der Waals surface area contributed by atoms with E-state index in [1.807, 2.05) is 42.5 Å². The monoisotopic (exact) mass is 340 g/mol. The molecule has 0 radical (unpaired) electrons. The number of hydrogen-bond acceptors (Lipinski definition) is 3. The van der Waals surface area contributed by atoms with Crippen LogP contribution in [0.2, 0.25) is 0 Å². The second-order valence-electron chi connectivity index (χ2n) is 7.08. The Hall–Kier alpha value is -2.33. The van der Waals surface area contributed by atoms with Gasteiger partial charge in [0.15, 0.2) is 0 Å². The highest BCUT2D eigenvalue weighted by Gasteiger charge is 2.18. The molecule has 0 aromatic heterocycles. The molecule has 0 spiro atoms. The first-order valence-electron chi connectivity index (χ1n) is 8.64. The van der Waals surface area contributed by atoms with Gasteiger partial charge in [0.05, 0.1) is 7.11 Å². The molecule has 0 atom stereocenters. The zero-order chi connectivity index (χ0) is 18.3. The van der Waals surface area contributed by atoms with Crippen molar-refractivity contribution < 1.29 is 9.53 Å². The van der Waals surface area contributed by atoms with Gasteiger partial charge >= 0.3 is 0 Å². The van der Waals surface area contributed by atoms with Crippen molar-refractivity contribution in [1.82, 2.24) is 5.32 Å². The number of rotatable bonds is 7. The Morgan fingerprint density at radius 3 is 2.44 bits per heavy atom. The minimum Gasteiger partial charge on any atom is -0.496 e. The summed E-state index contributed by atoms with van der Waals surface area (Å²) in [6, 6.07) is 15.9. The fraction of sp³-hybridized carbons (Fsp3) is 0.381. The molecule has 2 rings (SSSR count). The number of methoxy groups -OCH3 is 1. The van der Waals surface area contributed by atoms with Crippen molar-refractivity contribution in [3.8, 4) is 5.75 Å². The Labute approximate surface area is 150 Å². The highest BCUT2D eigenvalue weighted by atomic mass is 16.5. The van der Waals surface area contributed by atoms with Gasteiger partial charge in [0.2, 0.25) is 5.91 Å². The smallest absolute Gasteiger partial charge is 0.225 e. The van der Waals surface area contributed by atoms with Crippen molar-refractivity contribution in [2.24, 2.45) is 0 Å². The topological polar surface area (TPSA) is 50.4 Å². The summed E-state index contributed by atoms with van der Waals surface area (Å²) in [5.41, 5.74) is 3.12. The summed E-state index contributed by atoms with van der Waals surface area (Å²) in [5, 5.41) is 6.33. The molecule has 0 aliphatic rings. The Bertz CT molecular complexity index is 705. The average Bonchev–Trinajstić information content (AvgIpc) is 2.58. The predicted molar refractivity (Wildman–Crippen MR) is 103 cm³/mol. The summed E-state index contributed by atoms with van der Waals surface area (Å²) in [5.74, 6) is 0.878. The number of para-hydroxylation sites is 2. The third kappa shape index (κ3) is 5.61. The second-order valence-corrected chi connectivity index (χ2v) is 7.08. The minimum absolute atomic E-state index is 0.00795. The van der Waals surface area contributed by atoms with E-state index in [1.54, 1.807) is 7.11 Å². The van der Waals surface area contributed by atoms with Crippen molar-refractivity contribution in [3.05, 3.63) is 59.7 Å². The molecule has 0 saturated heterocycles. The molecular weight excluding hydrogens is 312 g/mol. The predicted octanol–water partition coefficient (Wildman–Crippen LogP) is 4.11. The van der Waals surface area contributed by atoms with Crippen LogP contribution in [-0.2, 0) is 16.8 Å². The van der Waals surface area contributed by atoms with Crippen molar-refractivity contribution in [2.45, 2.75) is 39.2 Å². The van der Waals surface area contributed by atoms with Crippen LogP contribution < -0.4 is 15.4 Å². The van der Waals surface area contributed by atoms with Gasteiger partial charge < -0.3 is 15.4 Å². The molecule has 0 aliphatic heterocycles. The van der Waals surface area contributed by atoms with Gasteiger partial charge in [-0.1, -0.05) is 57.2 Å². The number of ether oxygens (including phenoxy) is 1. The van der Waals surface area contributed by atoms with Gasteiger partial charge in [-0.15, -0.1) is 0 Å². The largest absolute Gasteiger partial charge is 0.496 e. The lowest BCUT2D eigenvalue weighted by atomic mass is 9.86. The van der Waals surface area contributed by atoms with Gasteiger partial charge in [0, 0.05) is 30.8 Å². The molecule has 25 heavy (non-hydrogen) atoms. The van der Waals surface area contributed by atoms with Crippen molar-refractivity contribution in [3.63, 3.8) is 0 Å². The molecule has 2 aromatic rings. The first-order valence-corrected chi connectivity index (χ1v) is 8.64. The molecule has 0 bridgehead atoms. The standard InChI is InChI=1S/C21H28N2O2/c1-21(2,3)17-10-6-7-11-18(17)23-20(24)13-14-22-15-16-9-5-8-12-19(16)25-4/h5-12,22H,13-15H2,1-4H3,(H,23,24). The van der Waals surface area contributed by atoms with Crippen LogP contribution in [0.5, 0.6) is 5.75 Å². The maximum Gasteiger partial charge on any atom is 0.225 e. The van der Waals surface area contributed by atoms with E-state index in [-0.39, 0.29) is 11.3 Å². The van der Waals surface area contributed by atoms with Gasteiger partial charge in [-0.2, -0.15) is 0 Å². The van der Waals surface area contributed by atoms with Gasteiger partial charge in [-0.3, -0.25) is 4.79 Å². The van der Waals surface area contributed by atoms with Crippen LogP contribution in [0.1, 0.15) is 38.3 Å². The van der Waals surface area contributed by atoms with Crippen molar-refractivity contribution in [2.75, 3.05) is 19.0 Å². The van der Waals surface area contributed by atoms with Crippen LogP contribution in [0.25, 0.3) is 0 Å². The van der Waals surface area contributed by atoms with E-state index >= 15 is 0 Å². The molecule has 0 aliphatic carbocycles. The molecule has 0 saturated carbocycles. The fourth-order valence-electron chi connectivity index (χ4n) is 2.73. The van der Waals surface area contributed by atoms with E-state index in [4.69, 9.17) is 4.74 Å². The lowest BCUT2D eigenvalue weighted by Crippen LogP contribution is -2.23. The minimum atomic E-state index is -0.00795. The highest BCUT2D eigenvalue weighted by molar-refractivity contribution is 5.91. The summed E-state index contributed by atoms with van der Waals surface area (Å²) < 4.78 is 5.33. The summed E-state index contributed by atoms with van der Waals surface area (Å²) in [6.45, 7) is 7.73. The maximum atomic E-state index is 12.3. The number of amides is 1. The van der Waals surface area contributed by atoms with E-state index in [1.165, 1.54) is 0 Å². The highest BCUT2D eigenvalue weighted by Crippen LogP contribution is 2.29. The molecule has 4 heteroatoms. The lowest BCUT2D eigenvalue weighted by molar-refractivity contribution is -0.116. The Balaban J connectivity index is 1.84. The Kier molecular flexibility index (Phi) is 6.59. The van der Waals surface area contributed by atoms with E-state index in [2.05, 4.69) is 37.5 Å². The van der Waals surface area contributed by atoms with Crippen molar-refractivity contribution >= 4 is 11.6 Å². The van der Waals surface area contributed by atoms with E-state index in [9.17, 15) is 4.79 Å². The average molecular weight is 340 g/mol. The lowest BCUT2D eigenvalue weighted by Gasteiger charge is -2.23. The fourth-order valence-corrected chi connectivity index (χ4v) is 2.73. The van der Waals surface area contributed by atoms with Crippen LogP contribution in [0, 0.1) is 0 Å². The van der Waals surface area contributed by atoms with Gasteiger partial charge in [0.1, 0.15) is 5.75 Å². The van der Waals surface area contributed by atoms with Crippen LogP contribution in [-0.4, -0.2) is 19.6 Å².